The van der Waals surface area contributed by atoms with Crippen molar-refractivity contribution in [2.75, 3.05) is 7.11 Å². The summed E-state index contributed by atoms with van der Waals surface area (Å²) < 4.78 is 6.90. The predicted octanol–water partition coefficient (Wildman–Crippen LogP) is 5.12. The summed E-state index contributed by atoms with van der Waals surface area (Å²) in [6.45, 7) is 0. The Labute approximate surface area is 189 Å². The molecule has 32 heavy (non-hydrogen) atoms. The smallest absolute Gasteiger partial charge is 0.190 e. The molecule has 0 atom stereocenters. The molecule has 0 saturated heterocycles. The lowest BCUT2D eigenvalue weighted by Gasteiger charge is -2.11. The summed E-state index contributed by atoms with van der Waals surface area (Å²) in [6.07, 6.45) is 1.75. The Kier molecular flexibility index (Phi) is 5.31. The van der Waals surface area contributed by atoms with Gasteiger partial charge in [0.1, 0.15) is 5.75 Å². The molecule has 2 heterocycles. The third-order valence-electron chi connectivity index (χ3n) is 4.97. The summed E-state index contributed by atoms with van der Waals surface area (Å²) >= 11 is 6.12. The minimum Gasteiger partial charge on any atom is -0.497 e. The van der Waals surface area contributed by atoms with Crippen LogP contribution in [0, 0.1) is 0 Å². The number of hydrogen-bond donors (Lipinski definition) is 0. The van der Waals surface area contributed by atoms with Crippen molar-refractivity contribution in [2.45, 2.75) is 0 Å². The molecular weight excluding hydrogens is 424 g/mol. The van der Waals surface area contributed by atoms with E-state index in [0.717, 1.165) is 22.6 Å². The van der Waals surface area contributed by atoms with Gasteiger partial charge in [0, 0.05) is 22.3 Å². The molecule has 8 heteroatoms. The van der Waals surface area contributed by atoms with E-state index in [2.05, 4.69) is 20.5 Å². The SMILES string of the molecule is COc1ccc(-n2nnnc2-c2cnc(-c3ccccc3)nc2-c2ccc(Cl)cc2)cc1. The molecule has 0 aliphatic heterocycles. The normalized spacial score (nSPS) is 10.8. The van der Waals surface area contributed by atoms with Crippen molar-refractivity contribution in [2.24, 2.45) is 0 Å². The van der Waals surface area contributed by atoms with Crippen LogP contribution in [0.1, 0.15) is 0 Å². The number of nitrogens with zero attached hydrogens (tertiary/aromatic N) is 6. The van der Waals surface area contributed by atoms with Gasteiger partial charge in [-0.3, -0.25) is 0 Å². The highest BCUT2D eigenvalue weighted by molar-refractivity contribution is 6.30. The molecule has 156 valence electrons. The Balaban J connectivity index is 1.67. The van der Waals surface area contributed by atoms with Gasteiger partial charge in [-0.15, -0.1) is 5.10 Å². The molecule has 0 amide bonds. The van der Waals surface area contributed by atoms with Crippen molar-refractivity contribution in [3.8, 4) is 45.5 Å². The maximum Gasteiger partial charge on any atom is 0.190 e. The molecule has 0 aliphatic carbocycles. The van der Waals surface area contributed by atoms with Crippen LogP contribution in [0.4, 0.5) is 0 Å². The number of aromatic nitrogens is 6. The summed E-state index contributed by atoms with van der Waals surface area (Å²) in [5.41, 5.74) is 4.00. The Bertz CT molecular complexity index is 1350. The van der Waals surface area contributed by atoms with Gasteiger partial charge in [-0.2, -0.15) is 4.68 Å². The molecule has 0 N–H and O–H groups in total. The van der Waals surface area contributed by atoms with Crippen LogP contribution in [0.5, 0.6) is 5.75 Å². The van der Waals surface area contributed by atoms with E-state index < -0.39 is 0 Å². The van der Waals surface area contributed by atoms with Gasteiger partial charge in [0.15, 0.2) is 11.6 Å². The van der Waals surface area contributed by atoms with Gasteiger partial charge in [-0.25, -0.2) is 9.97 Å². The fourth-order valence-electron chi connectivity index (χ4n) is 3.35. The van der Waals surface area contributed by atoms with Crippen LogP contribution in [0.3, 0.4) is 0 Å². The van der Waals surface area contributed by atoms with E-state index in [4.69, 9.17) is 21.3 Å². The Morgan fingerprint density at radius 1 is 0.844 bits per heavy atom. The first kappa shape index (κ1) is 19.8. The first-order chi connectivity index (χ1) is 15.7. The lowest BCUT2D eigenvalue weighted by Crippen LogP contribution is -2.03. The maximum absolute atomic E-state index is 6.12. The zero-order chi connectivity index (χ0) is 21.9. The molecule has 7 nitrogen and oxygen atoms in total. The Morgan fingerprint density at radius 2 is 1.59 bits per heavy atom. The van der Waals surface area contributed by atoms with Crippen LogP contribution in [0.2, 0.25) is 5.02 Å². The number of tetrazole rings is 1. The average molecular weight is 441 g/mol. The van der Waals surface area contributed by atoms with Gasteiger partial charge in [-0.05, 0) is 46.8 Å². The summed E-state index contributed by atoms with van der Waals surface area (Å²) in [7, 11) is 1.63. The van der Waals surface area contributed by atoms with Crippen LogP contribution in [-0.2, 0) is 0 Å². The highest BCUT2D eigenvalue weighted by Gasteiger charge is 2.19. The minimum atomic E-state index is 0.528. The lowest BCUT2D eigenvalue weighted by molar-refractivity contribution is 0.414. The van der Waals surface area contributed by atoms with Gasteiger partial charge >= 0.3 is 0 Å². The first-order valence-corrected chi connectivity index (χ1v) is 10.2. The molecule has 2 aromatic heterocycles. The average Bonchev–Trinajstić information content (AvgIpc) is 3.34. The molecule has 3 aromatic carbocycles. The molecule has 0 radical (unpaired) electrons. The number of ether oxygens (including phenoxy) is 1. The molecule has 0 spiro atoms. The van der Waals surface area contributed by atoms with Gasteiger partial charge in [-0.1, -0.05) is 54.1 Å². The van der Waals surface area contributed by atoms with Crippen molar-refractivity contribution < 1.29 is 4.74 Å². The largest absolute Gasteiger partial charge is 0.497 e. The topological polar surface area (TPSA) is 78.6 Å². The van der Waals surface area contributed by atoms with Crippen LogP contribution < -0.4 is 4.74 Å². The summed E-state index contributed by atoms with van der Waals surface area (Å²) in [6, 6.07) is 24.8. The number of halogens is 1. The summed E-state index contributed by atoms with van der Waals surface area (Å²) in [4.78, 5) is 9.48. The van der Waals surface area contributed by atoms with E-state index in [1.165, 1.54) is 0 Å². The third-order valence-corrected chi connectivity index (χ3v) is 5.22. The van der Waals surface area contributed by atoms with E-state index in [0.29, 0.717) is 27.9 Å². The number of hydrogen-bond acceptors (Lipinski definition) is 6. The van der Waals surface area contributed by atoms with Gasteiger partial charge in [0.2, 0.25) is 0 Å². The second-order valence-corrected chi connectivity index (χ2v) is 7.38. The number of methoxy groups -OCH3 is 1. The van der Waals surface area contributed by atoms with Gasteiger partial charge < -0.3 is 4.74 Å². The van der Waals surface area contributed by atoms with Crippen LogP contribution >= 0.6 is 11.6 Å². The fourth-order valence-corrected chi connectivity index (χ4v) is 3.48. The van der Waals surface area contributed by atoms with E-state index in [1.54, 1.807) is 18.0 Å². The molecule has 0 saturated carbocycles. The van der Waals surface area contributed by atoms with Crippen molar-refractivity contribution in [1.82, 2.24) is 30.2 Å². The number of benzene rings is 3. The molecular formula is C24H17ClN6O. The summed E-state index contributed by atoms with van der Waals surface area (Å²) in [5, 5.41) is 13.0. The van der Waals surface area contributed by atoms with Crippen molar-refractivity contribution in [3.63, 3.8) is 0 Å². The summed E-state index contributed by atoms with van der Waals surface area (Å²) in [5.74, 6) is 1.89. The van der Waals surface area contributed by atoms with Crippen LogP contribution in [0.25, 0.3) is 39.7 Å². The lowest BCUT2D eigenvalue weighted by atomic mass is 10.1. The van der Waals surface area contributed by atoms with E-state index in [9.17, 15) is 0 Å². The van der Waals surface area contributed by atoms with E-state index in [1.807, 2.05) is 78.9 Å². The fraction of sp³-hybridized carbons (Fsp3) is 0.0417. The van der Waals surface area contributed by atoms with Crippen LogP contribution in [-0.4, -0.2) is 37.3 Å². The quantitative estimate of drug-likeness (QED) is 0.377. The maximum atomic E-state index is 6.12. The predicted molar refractivity (Wildman–Crippen MR) is 123 cm³/mol. The molecule has 0 aliphatic rings. The zero-order valence-corrected chi connectivity index (χ0v) is 17.8. The Morgan fingerprint density at radius 3 is 2.31 bits per heavy atom. The molecule has 5 rings (SSSR count). The van der Waals surface area contributed by atoms with Crippen molar-refractivity contribution >= 4 is 11.6 Å². The second-order valence-electron chi connectivity index (χ2n) is 6.94. The second kappa shape index (κ2) is 8.56. The highest BCUT2D eigenvalue weighted by atomic mass is 35.5. The van der Waals surface area contributed by atoms with Crippen molar-refractivity contribution in [1.29, 1.82) is 0 Å². The third kappa shape index (κ3) is 3.81. The zero-order valence-electron chi connectivity index (χ0n) is 17.1. The Hall–Kier alpha value is -4.10. The standard InChI is InChI=1S/C24H17ClN6O/c1-32-20-13-11-19(12-14-20)31-24(28-29-30-31)21-15-26-23(17-5-3-2-4-6-17)27-22(21)16-7-9-18(25)10-8-16/h2-15H,1H3. The van der Waals surface area contributed by atoms with E-state index >= 15 is 0 Å². The molecule has 0 fully saturated rings. The molecule has 0 unspecified atom stereocenters. The monoisotopic (exact) mass is 440 g/mol. The van der Waals surface area contributed by atoms with Crippen LogP contribution in [0.15, 0.2) is 85.1 Å². The molecule has 0 bridgehead atoms. The first-order valence-electron chi connectivity index (χ1n) is 9.84. The highest BCUT2D eigenvalue weighted by Crippen LogP contribution is 2.32. The van der Waals surface area contributed by atoms with Gasteiger partial charge in [0.25, 0.3) is 0 Å². The minimum absolute atomic E-state index is 0.528. The number of rotatable bonds is 5. The van der Waals surface area contributed by atoms with Crippen molar-refractivity contribution in [3.05, 3.63) is 90.1 Å². The molecule has 5 aromatic rings. The van der Waals surface area contributed by atoms with E-state index in [-0.39, 0.29) is 0 Å². The van der Waals surface area contributed by atoms with Gasteiger partial charge in [0.05, 0.1) is 24.1 Å².